The topological polar surface area (TPSA) is 32.3 Å². The molecule has 3 heterocycles. The van der Waals surface area contributed by atoms with Crippen LogP contribution in [0.15, 0.2) is 11.4 Å². The summed E-state index contributed by atoms with van der Waals surface area (Å²) in [5.41, 5.74) is 1.18. The van der Waals surface area contributed by atoms with Crippen LogP contribution in [0.1, 0.15) is 23.8 Å². The Labute approximate surface area is 106 Å². The molecule has 1 N–H and O–H groups in total. The molecular weight excluding hydrogens is 232 g/mol. The lowest BCUT2D eigenvalue weighted by Gasteiger charge is -2.33. The van der Waals surface area contributed by atoms with Gasteiger partial charge in [0, 0.05) is 24.5 Å². The molecule has 0 saturated carbocycles. The van der Waals surface area contributed by atoms with Crippen LogP contribution >= 0.6 is 11.3 Å². The number of nitrogens with zero attached hydrogens (tertiary/aromatic N) is 1. The predicted molar refractivity (Wildman–Crippen MR) is 69.0 cm³/mol. The first-order chi connectivity index (χ1) is 8.19. The molecule has 1 aromatic heterocycles. The van der Waals surface area contributed by atoms with Gasteiger partial charge < -0.3 is 10.2 Å². The highest BCUT2D eigenvalue weighted by Gasteiger charge is 2.39. The third kappa shape index (κ3) is 1.89. The van der Waals surface area contributed by atoms with Gasteiger partial charge in [-0.1, -0.05) is 0 Å². The SMILES string of the molecule is CC1(C(=O)N2CCc3sccc3C2)CCNC1. The Morgan fingerprint density at radius 3 is 3.24 bits per heavy atom. The molecule has 0 spiro atoms. The van der Waals surface area contributed by atoms with Crippen LogP contribution in [0.5, 0.6) is 0 Å². The Morgan fingerprint density at radius 1 is 1.59 bits per heavy atom. The summed E-state index contributed by atoms with van der Waals surface area (Å²) in [6.07, 6.45) is 2.00. The maximum absolute atomic E-state index is 12.5. The van der Waals surface area contributed by atoms with Crippen molar-refractivity contribution < 1.29 is 4.79 Å². The number of amides is 1. The predicted octanol–water partition coefficient (Wildman–Crippen LogP) is 1.63. The number of carbonyl (C=O) groups is 1. The molecule has 0 radical (unpaired) electrons. The minimum absolute atomic E-state index is 0.173. The molecule has 2 aliphatic heterocycles. The van der Waals surface area contributed by atoms with E-state index in [0.29, 0.717) is 5.91 Å². The van der Waals surface area contributed by atoms with E-state index in [0.717, 1.165) is 39.0 Å². The molecule has 0 aromatic carbocycles. The highest BCUT2D eigenvalue weighted by Crippen LogP contribution is 2.31. The highest BCUT2D eigenvalue weighted by atomic mass is 32.1. The molecule has 1 amide bonds. The summed E-state index contributed by atoms with van der Waals surface area (Å²) in [6.45, 7) is 5.60. The average molecular weight is 250 g/mol. The quantitative estimate of drug-likeness (QED) is 0.821. The number of nitrogens with one attached hydrogen (secondary N) is 1. The van der Waals surface area contributed by atoms with E-state index in [1.807, 2.05) is 16.2 Å². The maximum atomic E-state index is 12.5. The molecule has 1 atom stereocenters. The van der Waals surface area contributed by atoms with Gasteiger partial charge in [0.2, 0.25) is 5.91 Å². The lowest BCUT2D eigenvalue weighted by molar-refractivity contribution is -0.141. The molecule has 2 aliphatic rings. The van der Waals surface area contributed by atoms with Gasteiger partial charge in [0.15, 0.2) is 0 Å². The van der Waals surface area contributed by atoms with Crippen molar-refractivity contribution in [3.63, 3.8) is 0 Å². The minimum atomic E-state index is -0.173. The van der Waals surface area contributed by atoms with Gasteiger partial charge in [0.05, 0.1) is 5.41 Å². The fraction of sp³-hybridized carbons (Fsp3) is 0.615. The first-order valence-corrected chi connectivity index (χ1v) is 7.12. The van der Waals surface area contributed by atoms with Crippen molar-refractivity contribution >= 4 is 17.2 Å². The molecule has 0 aliphatic carbocycles. The number of rotatable bonds is 1. The summed E-state index contributed by atoms with van der Waals surface area (Å²) < 4.78 is 0. The van der Waals surface area contributed by atoms with Crippen molar-refractivity contribution in [1.29, 1.82) is 0 Å². The standard InChI is InChI=1S/C13H18N2OS/c1-13(4-5-14-9-13)12(16)15-6-2-11-10(8-15)3-7-17-11/h3,7,14H,2,4-6,8-9H2,1H3. The average Bonchev–Trinajstić information content (AvgIpc) is 2.96. The van der Waals surface area contributed by atoms with Gasteiger partial charge in [-0.2, -0.15) is 0 Å². The normalized spacial score (nSPS) is 28.2. The Hall–Kier alpha value is -0.870. The number of hydrogen-bond donors (Lipinski definition) is 1. The third-order valence-electron chi connectivity index (χ3n) is 3.98. The van der Waals surface area contributed by atoms with Crippen LogP contribution in [0.3, 0.4) is 0 Å². The summed E-state index contributed by atoms with van der Waals surface area (Å²) in [5, 5.41) is 5.44. The van der Waals surface area contributed by atoms with Crippen LogP contribution < -0.4 is 5.32 Å². The van der Waals surface area contributed by atoms with E-state index in [9.17, 15) is 4.79 Å². The third-order valence-corrected chi connectivity index (χ3v) is 5.00. The zero-order valence-electron chi connectivity index (χ0n) is 10.2. The van der Waals surface area contributed by atoms with Crippen molar-refractivity contribution in [3.8, 4) is 0 Å². The number of thiophene rings is 1. The molecule has 3 nitrogen and oxygen atoms in total. The monoisotopic (exact) mass is 250 g/mol. The second-order valence-electron chi connectivity index (χ2n) is 5.33. The van der Waals surface area contributed by atoms with Crippen molar-refractivity contribution in [2.75, 3.05) is 19.6 Å². The van der Waals surface area contributed by atoms with Crippen LogP contribution in [0.4, 0.5) is 0 Å². The zero-order valence-corrected chi connectivity index (χ0v) is 11.0. The van der Waals surface area contributed by atoms with Gasteiger partial charge in [0.1, 0.15) is 0 Å². The second-order valence-corrected chi connectivity index (χ2v) is 6.33. The number of carbonyl (C=O) groups excluding carboxylic acids is 1. The smallest absolute Gasteiger partial charge is 0.230 e. The van der Waals surface area contributed by atoms with E-state index in [4.69, 9.17) is 0 Å². The van der Waals surface area contributed by atoms with E-state index in [-0.39, 0.29) is 5.41 Å². The molecule has 1 saturated heterocycles. The molecule has 1 unspecified atom stereocenters. The van der Waals surface area contributed by atoms with E-state index in [1.54, 1.807) is 0 Å². The lowest BCUT2D eigenvalue weighted by Crippen LogP contribution is -2.45. The molecule has 3 rings (SSSR count). The summed E-state index contributed by atoms with van der Waals surface area (Å²) in [7, 11) is 0. The maximum Gasteiger partial charge on any atom is 0.230 e. The first-order valence-electron chi connectivity index (χ1n) is 6.24. The van der Waals surface area contributed by atoms with Gasteiger partial charge in [-0.25, -0.2) is 0 Å². The molecule has 0 bridgehead atoms. The number of fused-ring (bicyclic) bond motifs is 1. The highest BCUT2D eigenvalue weighted by molar-refractivity contribution is 7.10. The molecule has 1 aromatic rings. The summed E-state index contributed by atoms with van der Waals surface area (Å²) in [4.78, 5) is 16.0. The van der Waals surface area contributed by atoms with Crippen LogP contribution in [0.2, 0.25) is 0 Å². The molecule has 92 valence electrons. The Morgan fingerprint density at radius 2 is 2.47 bits per heavy atom. The van der Waals surface area contributed by atoms with Gasteiger partial charge in [-0.15, -0.1) is 11.3 Å². The zero-order chi connectivity index (χ0) is 11.9. The van der Waals surface area contributed by atoms with Crippen LogP contribution in [-0.2, 0) is 17.8 Å². The van der Waals surface area contributed by atoms with E-state index in [1.165, 1.54) is 10.4 Å². The van der Waals surface area contributed by atoms with E-state index >= 15 is 0 Å². The van der Waals surface area contributed by atoms with Crippen molar-refractivity contribution in [2.45, 2.75) is 26.3 Å². The minimum Gasteiger partial charge on any atom is -0.337 e. The van der Waals surface area contributed by atoms with Crippen LogP contribution in [0.25, 0.3) is 0 Å². The van der Waals surface area contributed by atoms with Crippen LogP contribution in [0, 0.1) is 5.41 Å². The fourth-order valence-corrected chi connectivity index (χ4v) is 3.69. The van der Waals surface area contributed by atoms with Crippen LogP contribution in [-0.4, -0.2) is 30.4 Å². The number of hydrogen-bond acceptors (Lipinski definition) is 3. The van der Waals surface area contributed by atoms with Crippen molar-refractivity contribution in [3.05, 3.63) is 21.9 Å². The van der Waals surface area contributed by atoms with Crippen molar-refractivity contribution in [2.24, 2.45) is 5.41 Å². The Kier molecular flexibility index (Phi) is 2.71. The lowest BCUT2D eigenvalue weighted by atomic mass is 9.87. The van der Waals surface area contributed by atoms with Gasteiger partial charge >= 0.3 is 0 Å². The second kappa shape index (κ2) is 4.10. The Bertz CT molecular complexity index is 434. The van der Waals surface area contributed by atoms with Gasteiger partial charge in [-0.3, -0.25) is 4.79 Å². The first kappa shape index (κ1) is 11.2. The summed E-state index contributed by atoms with van der Waals surface area (Å²) >= 11 is 1.82. The fourth-order valence-electron chi connectivity index (χ4n) is 2.80. The summed E-state index contributed by atoms with van der Waals surface area (Å²) in [6, 6.07) is 2.16. The Balaban J connectivity index is 1.76. The van der Waals surface area contributed by atoms with Gasteiger partial charge in [0.25, 0.3) is 0 Å². The summed E-state index contributed by atoms with van der Waals surface area (Å²) in [5.74, 6) is 0.333. The van der Waals surface area contributed by atoms with Crippen molar-refractivity contribution in [1.82, 2.24) is 10.2 Å². The largest absolute Gasteiger partial charge is 0.337 e. The molecule has 1 fully saturated rings. The molecular formula is C13H18N2OS. The molecule has 17 heavy (non-hydrogen) atoms. The van der Waals surface area contributed by atoms with E-state index < -0.39 is 0 Å². The van der Waals surface area contributed by atoms with E-state index in [2.05, 4.69) is 23.7 Å². The molecule has 4 heteroatoms. The van der Waals surface area contributed by atoms with Gasteiger partial charge in [-0.05, 0) is 43.3 Å².